The average molecular weight is 355 g/mol. The number of carbonyl (C=O) groups is 2. The van der Waals surface area contributed by atoms with Gasteiger partial charge in [-0.05, 0) is 52.0 Å². The summed E-state index contributed by atoms with van der Waals surface area (Å²) in [5.41, 5.74) is 0. The summed E-state index contributed by atoms with van der Waals surface area (Å²) in [4.78, 5) is 24.3. The third-order valence-corrected chi connectivity index (χ3v) is 5.22. The van der Waals surface area contributed by atoms with E-state index in [1.54, 1.807) is 7.11 Å². The highest BCUT2D eigenvalue weighted by Crippen LogP contribution is 2.25. The van der Waals surface area contributed by atoms with Gasteiger partial charge in [-0.3, -0.25) is 9.59 Å². The second-order valence-corrected chi connectivity index (χ2v) is 7.16. The lowest BCUT2D eigenvalue weighted by Gasteiger charge is -2.33. The SMILES string of the molecule is COCCOCC(=O)NC1CCC(C(=O)NC2CCCNC2C)CC1. The maximum atomic E-state index is 12.5. The standard InChI is InChI=1S/C18H33N3O4/c1-13-16(4-3-9-19-13)21-18(23)14-5-7-15(8-6-14)20-17(22)12-25-11-10-24-2/h13-16,19H,3-12H2,1-2H3,(H,20,22)(H,21,23). The molecule has 7 heteroatoms. The summed E-state index contributed by atoms with van der Waals surface area (Å²) in [6.07, 6.45) is 5.52. The summed E-state index contributed by atoms with van der Waals surface area (Å²) >= 11 is 0. The number of methoxy groups -OCH3 is 1. The van der Waals surface area contributed by atoms with E-state index in [4.69, 9.17) is 9.47 Å². The molecule has 1 saturated carbocycles. The Morgan fingerprint density at radius 3 is 2.52 bits per heavy atom. The van der Waals surface area contributed by atoms with E-state index in [1.165, 1.54) is 0 Å². The number of hydrogen-bond acceptors (Lipinski definition) is 5. The van der Waals surface area contributed by atoms with E-state index < -0.39 is 0 Å². The first-order valence-corrected chi connectivity index (χ1v) is 9.50. The molecule has 144 valence electrons. The minimum Gasteiger partial charge on any atom is -0.382 e. The Balaban J connectivity index is 1.63. The molecule has 0 aromatic rings. The molecule has 25 heavy (non-hydrogen) atoms. The number of carbonyl (C=O) groups excluding carboxylic acids is 2. The van der Waals surface area contributed by atoms with Gasteiger partial charge in [0.2, 0.25) is 11.8 Å². The molecule has 0 bridgehead atoms. The summed E-state index contributed by atoms with van der Waals surface area (Å²) in [7, 11) is 1.60. The third kappa shape index (κ3) is 6.92. The van der Waals surface area contributed by atoms with E-state index in [9.17, 15) is 9.59 Å². The molecule has 0 spiro atoms. The topological polar surface area (TPSA) is 88.7 Å². The highest BCUT2D eigenvalue weighted by molar-refractivity contribution is 5.79. The molecule has 2 rings (SSSR count). The van der Waals surface area contributed by atoms with Gasteiger partial charge in [0, 0.05) is 31.2 Å². The van der Waals surface area contributed by atoms with Crippen LogP contribution in [0.25, 0.3) is 0 Å². The maximum absolute atomic E-state index is 12.5. The lowest BCUT2D eigenvalue weighted by molar-refractivity contribution is -0.128. The Kier molecular flexibility index (Phi) is 8.64. The second-order valence-electron chi connectivity index (χ2n) is 7.16. The predicted molar refractivity (Wildman–Crippen MR) is 95.2 cm³/mol. The summed E-state index contributed by atoms with van der Waals surface area (Å²) < 4.78 is 10.1. The zero-order chi connectivity index (χ0) is 18.1. The minimum atomic E-state index is -0.0916. The van der Waals surface area contributed by atoms with Crippen LogP contribution in [0.4, 0.5) is 0 Å². The fourth-order valence-corrected chi connectivity index (χ4v) is 3.62. The molecule has 0 radical (unpaired) electrons. The van der Waals surface area contributed by atoms with Crippen LogP contribution >= 0.6 is 0 Å². The number of nitrogens with one attached hydrogen (secondary N) is 3. The van der Waals surface area contributed by atoms with Crippen LogP contribution in [0.15, 0.2) is 0 Å². The monoisotopic (exact) mass is 355 g/mol. The van der Waals surface area contributed by atoms with Gasteiger partial charge >= 0.3 is 0 Å². The van der Waals surface area contributed by atoms with Gasteiger partial charge in [-0.15, -0.1) is 0 Å². The van der Waals surface area contributed by atoms with Gasteiger partial charge in [0.25, 0.3) is 0 Å². The minimum absolute atomic E-state index is 0.0658. The van der Waals surface area contributed by atoms with Gasteiger partial charge in [0.1, 0.15) is 6.61 Å². The van der Waals surface area contributed by atoms with E-state index >= 15 is 0 Å². The molecule has 0 aromatic carbocycles. The van der Waals surface area contributed by atoms with Crippen LogP contribution in [-0.4, -0.2) is 63.4 Å². The molecule has 1 aliphatic heterocycles. The molecule has 0 aromatic heterocycles. The van der Waals surface area contributed by atoms with Crippen LogP contribution in [0.1, 0.15) is 45.4 Å². The van der Waals surface area contributed by atoms with Crippen LogP contribution in [0, 0.1) is 5.92 Å². The van der Waals surface area contributed by atoms with Crippen molar-refractivity contribution < 1.29 is 19.1 Å². The number of ether oxygens (including phenoxy) is 2. The van der Waals surface area contributed by atoms with Gasteiger partial charge in [-0.1, -0.05) is 0 Å². The Hall–Kier alpha value is -1.18. The first kappa shape index (κ1) is 20.1. The molecule has 2 amide bonds. The number of amides is 2. The fraction of sp³-hybridized carbons (Fsp3) is 0.889. The zero-order valence-corrected chi connectivity index (χ0v) is 15.5. The zero-order valence-electron chi connectivity index (χ0n) is 15.5. The molecule has 2 aliphatic rings. The van der Waals surface area contributed by atoms with E-state index in [1.807, 2.05) is 0 Å². The van der Waals surface area contributed by atoms with Crippen molar-refractivity contribution in [1.29, 1.82) is 0 Å². The fourth-order valence-electron chi connectivity index (χ4n) is 3.62. The van der Waals surface area contributed by atoms with E-state index in [0.29, 0.717) is 19.3 Å². The van der Waals surface area contributed by atoms with Crippen LogP contribution in [0.3, 0.4) is 0 Å². The summed E-state index contributed by atoms with van der Waals surface area (Å²) in [5.74, 6) is 0.152. The van der Waals surface area contributed by atoms with Gasteiger partial charge in [0.05, 0.1) is 13.2 Å². The molecule has 3 N–H and O–H groups in total. The molecule has 2 unspecified atom stereocenters. The molecule has 2 fully saturated rings. The smallest absolute Gasteiger partial charge is 0.246 e. The van der Waals surface area contributed by atoms with E-state index in [2.05, 4.69) is 22.9 Å². The second kappa shape index (κ2) is 10.7. The third-order valence-electron chi connectivity index (χ3n) is 5.22. The number of hydrogen-bond donors (Lipinski definition) is 3. The van der Waals surface area contributed by atoms with Crippen LogP contribution in [-0.2, 0) is 19.1 Å². The maximum Gasteiger partial charge on any atom is 0.246 e. The Morgan fingerprint density at radius 2 is 1.84 bits per heavy atom. The van der Waals surface area contributed by atoms with Crippen LogP contribution < -0.4 is 16.0 Å². The van der Waals surface area contributed by atoms with Crippen molar-refractivity contribution >= 4 is 11.8 Å². The van der Waals surface area contributed by atoms with Crippen molar-refractivity contribution in [2.24, 2.45) is 5.92 Å². The average Bonchev–Trinajstić information content (AvgIpc) is 2.61. The molecule has 1 saturated heterocycles. The van der Waals surface area contributed by atoms with Crippen LogP contribution in [0.2, 0.25) is 0 Å². The van der Waals surface area contributed by atoms with E-state index in [-0.39, 0.29) is 36.4 Å². The molecular formula is C18H33N3O4. The molecule has 2 atom stereocenters. The Morgan fingerprint density at radius 1 is 1.08 bits per heavy atom. The quantitative estimate of drug-likeness (QED) is 0.554. The lowest BCUT2D eigenvalue weighted by Crippen LogP contribution is -2.53. The lowest BCUT2D eigenvalue weighted by atomic mass is 9.85. The highest BCUT2D eigenvalue weighted by atomic mass is 16.5. The van der Waals surface area contributed by atoms with Crippen molar-refractivity contribution in [2.45, 2.75) is 63.6 Å². The number of rotatable bonds is 8. The summed E-state index contributed by atoms with van der Waals surface area (Å²) in [5, 5.41) is 9.62. The molecule has 1 heterocycles. The summed E-state index contributed by atoms with van der Waals surface area (Å²) in [6, 6.07) is 0.729. The predicted octanol–water partition coefficient (Wildman–Crippen LogP) is 0.581. The van der Waals surface area contributed by atoms with Crippen molar-refractivity contribution in [3.63, 3.8) is 0 Å². The molecular weight excluding hydrogens is 322 g/mol. The Labute approximate surface area is 150 Å². The van der Waals surface area contributed by atoms with Crippen molar-refractivity contribution in [1.82, 2.24) is 16.0 Å². The normalized spacial score (nSPS) is 29.8. The Bertz CT molecular complexity index is 425. The molecule has 7 nitrogen and oxygen atoms in total. The first-order chi connectivity index (χ1) is 12.1. The largest absolute Gasteiger partial charge is 0.382 e. The molecule has 1 aliphatic carbocycles. The van der Waals surface area contributed by atoms with E-state index in [0.717, 1.165) is 45.1 Å². The first-order valence-electron chi connectivity index (χ1n) is 9.50. The van der Waals surface area contributed by atoms with Crippen LogP contribution in [0.5, 0.6) is 0 Å². The van der Waals surface area contributed by atoms with Gasteiger partial charge in [0.15, 0.2) is 0 Å². The van der Waals surface area contributed by atoms with Gasteiger partial charge in [-0.2, -0.15) is 0 Å². The van der Waals surface area contributed by atoms with Gasteiger partial charge < -0.3 is 25.4 Å². The number of piperidine rings is 1. The van der Waals surface area contributed by atoms with Gasteiger partial charge in [-0.25, -0.2) is 0 Å². The summed E-state index contributed by atoms with van der Waals surface area (Å²) in [6.45, 7) is 4.14. The highest BCUT2D eigenvalue weighted by Gasteiger charge is 2.30. The van der Waals surface area contributed by atoms with Crippen molar-refractivity contribution in [2.75, 3.05) is 33.5 Å². The van der Waals surface area contributed by atoms with Crippen molar-refractivity contribution in [3.05, 3.63) is 0 Å². The van der Waals surface area contributed by atoms with Crippen molar-refractivity contribution in [3.8, 4) is 0 Å².